The highest BCUT2D eigenvalue weighted by molar-refractivity contribution is 6.31. The van der Waals surface area contributed by atoms with Gasteiger partial charge in [-0.05, 0) is 36.4 Å². The number of amides is 2. The molecule has 0 aliphatic heterocycles. The second-order valence-corrected chi connectivity index (χ2v) is 7.95. The fraction of sp³-hybridized carbons (Fsp3) is 0.160. The van der Waals surface area contributed by atoms with E-state index in [4.69, 9.17) is 32.7 Å². The smallest absolute Gasteiger partial charge is 0.240 e. The summed E-state index contributed by atoms with van der Waals surface area (Å²) in [7, 11) is 1.52. The molecule has 0 radical (unpaired) electrons. The lowest BCUT2D eigenvalue weighted by molar-refractivity contribution is -0.124. The van der Waals surface area contributed by atoms with Crippen LogP contribution in [0.2, 0.25) is 10.0 Å². The Morgan fingerprint density at radius 2 is 1.68 bits per heavy atom. The van der Waals surface area contributed by atoms with Crippen molar-refractivity contribution in [2.75, 3.05) is 12.4 Å². The third kappa shape index (κ3) is 7.50. The summed E-state index contributed by atoms with van der Waals surface area (Å²) < 4.78 is 11.1. The van der Waals surface area contributed by atoms with E-state index < -0.39 is 5.91 Å². The van der Waals surface area contributed by atoms with Gasteiger partial charge in [0.2, 0.25) is 11.8 Å². The van der Waals surface area contributed by atoms with Gasteiger partial charge in [0.1, 0.15) is 18.1 Å². The Hall–Kier alpha value is -3.55. The zero-order valence-corrected chi connectivity index (χ0v) is 19.9. The fourth-order valence-electron chi connectivity index (χ4n) is 2.94. The first kappa shape index (κ1) is 25.1. The summed E-state index contributed by atoms with van der Waals surface area (Å²) >= 11 is 12.3. The lowest BCUT2D eigenvalue weighted by atomic mass is 10.2. The van der Waals surface area contributed by atoms with Crippen molar-refractivity contribution in [3.05, 3.63) is 87.9 Å². The number of carbonyl (C=O) groups is 2. The van der Waals surface area contributed by atoms with Crippen LogP contribution in [-0.4, -0.2) is 25.1 Å². The van der Waals surface area contributed by atoms with E-state index >= 15 is 0 Å². The maximum absolute atomic E-state index is 12.1. The predicted molar refractivity (Wildman–Crippen MR) is 134 cm³/mol. The number of rotatable bonds is 10. The molecule has 0 fully saturated rings. The van der Waals surface area contributed by atoms with E-state index in [2.05, 4.69) is 15.8 Å². The highest BCUT2D eigenvalue weighted by Crippen LogP contribution is 2.24. The number of methoxy groups -OCH3 is 1. The molecule has 9 heteroatoms. The number of halogens is 2. The van der Waals surface area contributed by atoms with Crippen molar-refractivity contribution >= 4 is 46.9 Å². The van der Waals surface area contributed by atoms with Crippen LogP contribution < -0.4 is 20.2 Å². The van der Waals surface area contributed by atoms with Gasteiger partial charge in [0.25, 0.3) is 0 Å². The molecule has 0 saturated carbocycles. The van der Waals surface area contributed by atoms with E-state index in [1.807, 2.05) is 18.2 Å². The largest absolute Gasteiger partial charge is 0.495 e. The molecule has 0 bridgehead atoms. The minimum absolute atomic E-state index is 0.0111. The van der Waals surface area contributed by atoms with Gasteiger partial charge in [-0.3, -0.25) is 9.59 Å². The highest BCUT2D eigenvalue weighted by atomic mass is 35.5. The molecule has 0 saturated heterocycles. The van der Waals surface area contributed by atoms with Crippen LogP contribution in [-0.2, 0) is 16.2 Å². The molecule has 3 aromatic carbocycles. The van der Waals surface area contributed by atoms with Gasteiger partial charge in [-0.25, -0.2) is 5.43 Å². The van der Waals surface area contributed by atoms with Crippen molar-refractivity contribution < 1.29 is 19.1 Å². The number of anilines is 1. The van der Waals surface area contributed by atoms with Gasteiger partial charge in [-0.2, -0.15) is 5.10 Å². The summed E-state index contributed by atoms with van der Waals surface area (Å²) in [5.41, 5.74) is 4.36. The Balaban J connectivity index is 1.52. The number of hydrogen-bond acceptors (Lipinski definition) is 5. The summed E-state index contributed by atoms with van der Waals surface area (Å²) in [4.78, 5) is 24.3. The maximum Gasteiger partial charge on any atom is 0.240 e. The fourth-order valence-corrected chi connectivity index (χ4v) is 3.31. The average Bonchev–Trinajstić information content (AvgIpc) is 2.83. The number of para-hydroxylation sites is 2. The van der Waals surface area contributed by atoms with Crippen molar-refractivity contribution in [1.82, 2.24) is 5.43 Å². The predicted octanol–water partition coefficient (Wildman–Crippen LogP) is 5.45. The third-order valence-corrected chi connectivity index (χ3v) is 5.27. The molecule has 176 valence electrons. The number of hydrogen-bond donors (Lipinski definition) is 2. The normalized spacial score (nSPS) is 10.7. The number of ether oxygens (including phenoxy) is 2. The lowest BCUT2D eigenvalue weighted by Gasteiger charge is -2.10. The van der Waals surface area contributed by atoms with Crippen LogP contribution in [0.1, 0.15) is 24.0 Å². The second kappa shape index (κ2) is 12.6. The van der Waals surface area contributed by atoms with Crippen LogP contribution in [0.5, 0.6) is 11.5 Å². The molecule has 0 aromatic heterocycles. The van der Waals surface area contributed by atoms with Gasteiger partial charge in [0.15, 0.2) is 0 Å². The van der Waals surface area contributed by atoms with Gasteiger partial charge >= 0.3 is 0 Å². The molecule has 0 unspecified atom stereocenters. The van der Waals surface area contributed by atoms with E-state index in [9.17, 15) is 9.59 Å². The maximum atomic E-state index is 12.1. The van der Waals surface area contributed by atoms with Gasteiger partial charge in [-0.15, -0.1) is 0 Å². The Morgan fingerprint density at radius 1 is 0.941 bits per heavy atom. The third-order valence-electron chi connectivity index (χ3n) is 4.67. The van der Waals surface area contributed by atoms with Gasteiger partial charge in [-0.1, -0.05) is 53.5 Å². The number of benzene rings is 3. The minimum atomic E-state index is -0.410. The molecule has 0 atom stereocenters. The molecule has 3 rings (SSSR count). The molecule has 2 amide bonds. The lowest BCUT2D eigenvalue weighted by Crippen LogP contribution is -2.20. The molecule has 34 heavy (non-hydrogen) atoms. The van der Waals surface area contributed by atoms with Crippen LogP contribution in [0.15, 0.2) is 71.8 Å². The van der Waals surface area contributed by atoms with Crippen LogP contribution in [0.4, 0.5) is 5.69 Å². The van der Waals surface area contributed by atoms with Crippen molar-refractivity contribution in [1.29, 1.82) is 0 Å². The monoisotopic (exact) mass is 499 g/mol. The minimum Gasteiger partial charge on any atom is -0.495 e. The van der Waals surface area contributed by atoms with E-state index in [0.717, 1.165) is 5.56 Å². The first-order chi connectivity index (χ1) is 16.5. The molecule has 0 spiro atoms. The molecule has 0 aliphatic carbocycles. The number of hydrazone groups is 1. The van der Waals surface area contributed by atoms with Gasteiger partial charge in [0.05, 0.1) is 19.0 Å². The van der Waals surface area contributed by atoms with Gasteiger partial charge < -0.3 is 14.8 Å². The van der Waals surface area contributed by atoms with Crippen molar-refractivity contribution in [3.63, 3.8) is 0 Å². The second-order valence-electron chi connectivity index (χ2n) is 7.10. The Bertz CT molecular complexity index is 1180. The molecule has 7 nitrogen and oxygen atoms in total. The number of carbonyl (C=O) groups excluding carboxylic acids is 2. The molecule has 2 N–H and O–H groups in total. The first-order valence-electron chi connectivity index (χ1n) is 10.4. The summed E-state index contributed by atoms with van der Waals surface area (Å²) in [6, 6.07) is 19.5. The Labute approximate surface area is 207 Å². The molecule has 0 heterocycles. The molecular weight excluding hydrogens is 477 g/mol. The van der Waals surface area contributed by atoms with Crippen LogP contribution in [0, 0.1) is 0 Å². The van der Waals surface area contributed by atoms with Crippen molar-refractivity contribution in [2.24, 2.45) is 5.10 Å². The van der Waals surface area contributed by atoms with Crippen LogP contribution in [0.25, 0.3) is 0 Å². The van der Waals surface area contributed by atoms with Crippen molar-refractivity contribution in [3.8, 4) is 11.5 Å². The average molecular weight is 500 g/mol. The van der Waals surface area contributed by atoms with Crippen LogP contribution >= 0.6 is 23.2 Å². The van der Waals surface area contributed by atoms with Crippen LogP contribution in [0.3, 0.4) is 0 Å². The summed E-state index contributed by atoms with van der Waals surface area (Å²) in [5, 5.41) is 7.78. The summed E-state index contributed by atoms with van der Waals surface area (Å²) in [6.07, 6.45) is 1.38. The Kier molecular flexibility index (Phi) is 9.31. The highest BCUT2D eigenvalue weighted by Gasteiger charge is 2.10. The summed E-state index contributed by atoms with van der Waals surface area (Å²) in [5.74, 6) is 0.346. The zero-order chi connectivity index (χ0) is 24.3. The van der Waals surface area contributed by atoms with Crippen molar-refractivity contribution in [2.45, 2.75) is 19.4 Å². The quantitative estimate of drug-likeness (QED) is 0.286. The van der Waals surface area contributed by atoms with E-state index in [0.29, 0.717) is 32.8 Å². The first-order valence-corrected chi connectivity index (χ1v) is 11.1. The number of nitrogens with one attached hydrogen (secondary N) is 2. The zero-order valence-electron chi connectivity index (χ0n) is 18.4. The van der Waals surface area contributed by atoms with E-state index in [1.165, 1.54) is 13.3 Å². The van der Waals surface area contributed by atoms with Gasteiger partial charge in [0, 0.05) is 34.0 Å². The molecule has 0 aliphatic rings. The van der Waals surface area contributed by atoms with E-state index in [-0.39, 0.29) is 25.4 Å². The molecular formula is C25H23Cl2N3O4. The van der Waals surface area contributed by atoms with E-state index in [1.54, 1.807) is 48.5 Å². The number of nitrogens with zero attached hydrogens (tertiary/aromatic N) is 1. The standard InChI is InChI=1S/C25H23Cl2N3O4/c1-33-23-9-5-4-8-21(23)29-24(31)12-13-25(32)30-28-15-18-14-19(26)10-11-22(18)34-16-17-6-2-3-7-20(17)27/h2-11,14-15H,12-13,16H2,1H3,(H,29,31)(H,30,32). The summed E-state index contributed by atoms with van der Waals surface area (Å²) in [6.45, 7) is 0.260. The SMILES string of the molecule is COc1ccccc1NC(=O)CCC(=O)NN=Cc1cc(Cl)ccc1OCc1ccccc1Cl. The molecule has 3 aromatic rings. The Morgan fingerprint density at radius 3 is 2.47 bits per heavy atom. The topological polar surface area (TPSA) is 89.0 Å².